The molecule has 1 aromatic heterocycles. The first-order chi connectivity index (χ1) is 14.6. The number of rotatable bonds is 9. The first-order valence-electron chi connectivity index (χ1n) is 9.38. The molecular formula is C23H22N2O4S. The third kappa shape index (κ3) is 5.38. The Labute approximate surface area is 179 Å². The summed E-state index contributed by atoms with van der Waals surface area (Å²) in [5.41, 5.74) is 2.96. The molecule has 0 radical (unpaired) electrons. The fourth-order valence-corrected chi connectivity index (χ4v) is 3.83. The molecular weight excluding hydrogens is 400 g/mol. The number of thiophene rings is 1. The third-order valence-electron chi connectivity index (χ3n) is 4.48. The van der Waals surface area contributed by atoms with E-state index in [1.165, 1.54) is 18.4 Å². The average Bonchev–Trinajstić information content (AvgIpc) is 3.28. The van der Waals surface area contributed by atoms with Crippen molar-refractivity contribution in [1.29, 1.82) is 5.26 Å². The number of ether oxygens (including phenoxy) is 2. The molecule has 30 heavy (non-hydrogen) atoms. The number of nitrogens with zero attached hydrogens (tertiary/aromatic N) is 1. The maximum atomic E-state index is 12.3. The fourth-order valence-electron chi connectivity index (χ4n) is 2.93. The smallest absolute Gasteiger partial charge is 0.254 e. The molecule has 0 bridgehead atoms. The van der Waals surface area contributed by atoms with Crippen LogP contribution in [0.25, 0.3) is 11.1 Å². The van der Waals surface area contributed by atoms with E-state index in [1.54, 1.807) is 12.1 Å². The van der Waals surface area contributed by atoms with Crippen molar-refractivity contribution in [3.05, 3.63) is 70.4 Å². The number of nitriles is 1. The molecule has 0 aliphatic carbocycles. The first kappa shape index (κ1) is 21.4. The molecule has 7 heteroatoms. The van der Waals surface area contributed by atoms with E-state index >= 15 is 0 Å². The number of carbonyl (C=O) groups is 1. The lowest BCUT2D eigenvalue weighted by Crippen LogP contribution is -2.30. The van der Waals surface area contributed by atoms with Gasteiger partial charge in [0.15, 0.2) is 24.2 Å². The van der Waals surface area contributed by atoms with Gasteiger partial charge in [-0.2, -0.15) is 5.26 Å². The van der Waals surface area contributed by atoms with Crippen LogP contribution in [-0.2, 0) is 11.2 Å². The Kier molecular flexibility index (Phi) is 7.44. The van der Waals surface area contributed by atoms with Crippen LogP contribution in [-0.4, -0.2) is 31.3 Å². The van der Waals surface area contributed by atoms with E-state index in [-0.39, 0.29) is 6.61 Å². The number of carbonyl (C=O) groups excluding carboxylic acids is 1. The van der Waals surface area contributed by atoms with Gasteiger partial charge in [-0.1, -0.05) is 36.4 Å². The monoisotopic (exact) mass is 422 g/mol. The Morgan fingerprint density at radius 1 is 1.17 bits per heavy atom. The van der Waals surface area contributed by atoms with Gasteiger partial charge in [0.25, 0.3) is 5.91 Å². The molecule has 2 aromatic carbocycles. The summed E-state index contributed by atoms with van der Waals surface area (Å²) in [4.78, 5) is 12.9. The number of amides is 1. The zero-order valence-corrected chi connectivity index (χ0v) is 17.3. The van der Waals surface area contributed by atoms with Crippen LogP contribution in [0.5, 0.6) is 11.5 Å². The summed E-state index contributed by atoms with van der Waals surface area (Å²) >= 11 is 1.36. The lowest BCUT2D eigenvalue weighted by atomic mass is 10.1. The molecule has 0 spiro atoms. The number of aliphatic hydroxyl groups is 1. The topological polar surface area (TPSA) is 91.6 Å². The van der Waals surface area contributed by atoms with Gasteiger partial charge in [0.2, 0.25) is 0 Å². The van der Waals surface area contributed by atoms with Crippen molar-refractivity contribution in [3.63, 3.8) is 0 Å². The van der Waals surface area contributed by atoms with Crippen LogP contribution in [0.1, 0.15) is 16.5 Å². The van der Waals surface area contributed by atoms with Gasteiger partial charge < -0.3 is 19.9 Å². The summed E-state index contributed by atoms with van der Waals surface area (Å²) in [5.74, 6) is 0.590. The molecule has 0 saturated heterocycles. The zero-order chi connectivity index (χ0) is 21.3. The van der Waals surface area contributed by atoms with Gasteiger partial charge in [-0.15, -0.1) is 11.3 Å². The normalized spacial score (nSPS) is 11.4. The second-order valence-corrected chi connectivity index (χ2v) is 7.42. The molecule has 1 unspecified atom stereocenters. The van der Waals surface area contributed by atoms with Gasteiger partial charge in [-0.05, 0) is 46.7 Å². The second-order valence-electron chi connectivity index (χ2n) is 6.48. The van der Waals surface area contributed by atoms with Crippen LogP contribution in [0.4, 0.5) is 0 Å². The number of benzene rings is 2. The number of aliphatic hydroxyl groups excluding tert-OH is 1. The second kappa shape index (κ2) is 10.4. The SMILES string of the molecule is COc1cc(CCNC(=O)C(O)c2cc(-c3ccccc3)cs2)ccc1OCC#N. The summed E-state index contributed by atoms with van der Waals surface area (Å²) < 4.78 is 10.6. The van der Waals surface area contributed by atoms with Crippen molar-refractivity contribution >= 4 is 17.2 Å². The molecule has 0 aliphatic heterocycles. The van der Waals surface area contributed by atoms with Gasteiger partial charge in [0.05, 0.1) is 7.11 Å². The van der Waals surface area contributed by atoms with E-state index in [0.29, 0.717) is 29.3 Å². The summed E-state index contributed by atoms with van der Waals surface area (Å²) in [6.07, 6.45) is -0.642. The van der Waals surface area contributed by atoms with Gasteiger partial charge in [0.1, 0.15) is 6.07 Å². The van der Waals surface area contributed by atoms with Crippen LogP contribution in [0.15, 0.2) is 60.0 Å². The molecule has 154 valence electrons. The van der Waals surface area contributed by atoms with Crippen LogP contribution in [0.2, 0.25) is 0 Å². The van der Waals surface area contributed by atoms with Crippen LogP contribution < -0.4 is 14.8 Å². The molecule has 0 saturated carbocycles. The number of methoxy groups -OCH3 is 1. The third-order valence-corrected chi connectivity index (χ3v) is 5.46. The predicted octanol–water partition coefficient (Wildman–Crippen LogP) is 3.72. The maximum absolute atomic E-state index is 12.3. The Hall–Kier alpha value is -3.34. The van der Waals surface area contributed by atoms with Crippen molar-refractivity contribution in [2.75, 3.05) is 20.3 Å². The Morgan fingerprint density at radius 3 is 2.70 bits per heavy atom. The highest BCUT2D eigenvalue weighted by Crippen LogP contribution is 2.30. The van der Waals surface area contributed by atoms with Gasteiger partial charge in [0, 0.05) is 11.4 Å². The van der Waals surface area contributed by atoms with E-state index in [0.717, 1.165) is 16.7 Å². The van der Waals surface area contributed by atoms with E-state index < -0.39 is 12.0 Å². The zero-order valence-electron chi connectivity index (χ0n) is 16.5. The van der Waals surface area contributed by atoms with Crippen molar-refractivity contribution in [2.45, 2.75) is 12.5 Å². The minimum absolute atomic E-state index is 0.0572. The minimum atomic E-state index is -1.20. The molecule has 1 amide bonds. The summed E-state index contributed by atoms with van der Waals surface area (Å²) in [6, 6.07) is 19.0. The van der Waals surface area contributed by atoms with E-state index in [2.05, 4.69) is 5.32 Å². The minimum Gasteiger partial charge on any atom is -0.493 e. The Balaban J connectivity index is 1.54. The Morgan fingerprint density at radius 2 is 1.97 bits per heavy atom. The fraction of sp³-hybridized carbons (Fsp3) is 0.217. The molecule has 2 N–H and O–H groups in total. The highest BCUT2D eigenvalue weighted by Gasteiger charge is 2.19. The highest BCUT2D eigenvalue weighted by molar-refractivity contribution is 7.10. The lowest BCUT2D eigenvalue weighted by molar-refractivity contribution is -0.129. The van der Waals surface area contributed by atoms with E-state index in [9.17, 15) is 9.90 Å². The quantitative estimate of drug-likeness (QED) is 0.548. The molecule has 0 fully saturated rings. The van der Waals surface area contributed by atoms with Gasteiger partial charge >= 0.3 is 0 Å². The summed E-state index contributed by atoms with van der Waals surface area (Å²) in [5, 5.41) is 23.7. The largest absolute Gasteiger partial charge is 0.493 e. The van der Waals surface area contributed by atoms with Gasteiger partial charge in [-0.3, -0.25) is 4.79 Å². The maximum Gasteiger partial charge on any atom is 0.254 e. The summed E-state index contributed by atoms with van der Waals surface area (Å²) in [6.45, 7) is 0.312. The molecule has 6 nitrogen and oxygen atoms in total. The van der Waals surface area contributed by atoms with E-state index in [1.807, 2.05) is 53.9 Å². The Bertz CT molecular complexity index is 1030. The number of hydrogen-bond donors (Lipinski definition) is 2. The average molecular weight is 423 g/mol. The van der Waals surface area contributed by atoms with Crippen molar-refractivity contribution < 1.29 is 19.4 Å². The van der Waals surface area contributed by atoms with Crippen molar-refractivity contribution in [2.24, 2.45) is 0 Å². The number of hydrogen-bond acceptors (Lipinski definition) is 6. The standard InChI is InChI=1S/C23H22N2O4S/c1-28-20-13-16(7-8-19(20)29-12-10-24)9-11-25-23(27)22(26)21-14-18(15-30-21)17-5-3-2-4-6-17/h2-8,13-15,22,26H,9,11-12H2,1H3,(H,25,27). The molecule has 1 atom stereocenters. The highest BCUT2D eigenvalue weighted by atomic mass is 32.1. The van der Waals surface area contributed by atoms with Crippen LogP contribution >= 0.6 is 11.3 Å². The number of nitrogens with one attached hydrogen (secondary N) is 1. The first-order valence-corrected chi connectivity index (χ1v) is 10.3. The van der Waals surface area contributed by atoms with Crippen LogP contribution in [0, 0.1) is 11.3 Å². The summed E-state index contributed by atoms with van der Waals surface area (Å²) in [7, 11) is 1.53. The predicted molar refractivity (Wildman–Crippen MR) is 116 cm³/mol. The van der Waals surface area contributed by atoms with Crippen molar-refractivity contribution in [3.8, 4) is 28.7 Å². The molecule has 3 rings (SSSR count). The van der Waals surface area contributed by atoms with Gasteiger partial charge in [-0.25, -0.2) is 0 Å². The van der Waals surface area contributed by atoms with Crippen LogP contribution in [0.3, 0.4) is 0 Å². The molecule has 3 aromatic rings. The van der Waals surface area contributed by atoms with E-state index in [4.69, 9.17) is 14.7 Å². The molecule has 1 heterocycles. The van der Waals surface area contributed by atoms with Crippen molar-refractivity contribution in [1.82, 2.24) is 5.32 Å². The lowest BCUT2D eigenvalue weighted by Gasteiger charge is -2.12. The molecule has 0 aliphatic rings.